The summed E-state index contributed by atoms with van der Waals surface area (Å²) in [5.74, 6) is 0.499. The Morgan fingerprint density at radius 3 is 2.64 bits per heavy atom. The highest BCUT2D eigenvalue weighted by molar-refractivity contribution is 6.43. The third-order valence-electron chi connectivity index (χ3n) is 5.88. The summed E-state index contributed by atoms with van der Waals surface area (Å²) in [7, 11) is 0. The van der Waals surface area contributed by atoms with E-state index in [2.05, 4.69) is 14.8 Å². The van der Waals surface area contributed by atoms with Gasteiger partial charge in [-0.1, -0.05) is 29.3 Å². The summed E-state index contributed by atoms with van der Waals surface area (Å²) in [6, 6.07) is 5.80. The average Bonchev–Trinajstić information content (AvgIpc) is 3.13. The molecule has 0 spiro atoms. The first kappa shape index (κ1) is 19.6. The molecule has 4 rings (SSSR count). The number of hydrogen-bond donors (Lipinski definition) is 1. The fourth-order valence-corrected chi connectivity index (χ4v) is 4.53. The van der Waals surface area contributed by atoms with E-state index < -0.39 is 5.91 Å². The summed E-state index contributed by atoms with van der Waals surface area (Å²) >= 11 is 12.5. The lowest BCUT2D eigenvalue weighted by atomic mass is 9.72. The molecule has 6 nitrogen and oxygen atoms in total. The van der Waals surface area contributed by atoms with E-state index in [0.717, 1.165) is 56.9 Å². The van der Waals surface area contributed by atoms with Crippen molar-refractivity contribution in [1.29, 1.82) is 0 Å². The van der Waals surface area contributed by atoms with E-state index >= 15 is 0 Å². The number of aromatic nitrogens is 1. The van der Waals surface area contributed by atoms with E-state index in [1.807, 2.05) is 18.2 Å². The average molecular weight is 423 g/mol. The van der Waals surface area contributed by atoms with E-state index in [1.54, 1.807) is 6.26 Å². The van der Waals surface area contributed by atoms with Crippen molar-refractivity contribution in [1.82, 2.24) is 9.88 Å². The molecule has 1 amide bonds. The van der Waals surface area contributed by atoms with Crippen LogP contribution in [0.25, 0.3) is 0 Å². The lowest BCUT2D eigenvalue weighted by Crippen LogP contribution is -2.47. The van der Waals surface area contributed by atoms with Crippen LogP contribution in [0.4, 0.5) is 5.69 Å². The molecule has 8 heteroatoms. The number of piperazine rings is 1. The lowest BCUT2D eigenvalue weighted by Gasteiger charge is -2.39. The van der Waals surface area contributed by atoms with Crippen LogP contribution in [0.5, 0.6) is 0 Å². The van der Waals surface area contributed by atoms with Crippen LogP contribution in [0.2, 0.25) is 10.0 Å². The molecule has 1 aromatic heterocycles. The van der Waals surface area contributed by atoms with Gasteiger partial charge in [0.2, 0.25) is 0 Å². The van der Waals surface area contributed by atoms with Gasteiger partial charge >= 0.3 is 5.91 Å². The second-order valence-corrected chi connectivity index (χ2v) is 8.45. The minimum Gasteiger partial charge on any atom is -0.441 e. The molecule has 0 atom stereocenters. The standard InChI is InChI=1S/C20H24Cl2N4O2/c21-15-2-1-3-17(18(15)22)26-8-6-25(7-9-26)5-4-13-10-14(11-13)16-12-28-20(24-16)19(23)27/h1-3,12-14H,4-11H2,(H2,23,27). The second kappa shape index (κ2) is 8.31. The van der Waals surface area contributed by atoms with Gasteiger partial charge < -0.3 is 15.1 Å². The van der Waals surface area contributed by atoms with Gasteiger partial charge in [0, 0.05) is 32.1 Å². The van der Waals surface area contributed by atoms with Crippen molar-refractivity contribution in [2.24, 2.45) is 11.7 Å². The van der Waals surface area contributed by atoms with Crippen molar-refractivity contribution in [3.8, 4) is 0 Å². The first-order chi connectivity index (χ1) is 13.5. The first-order valence-corrected chi connectivity index (χ1v) is 10.4. The molecule has 150 valence electrons. The lowest BCUT2D eigenvalue weighted by molar-refractivity contribution is 0.0967. The predicted molar refractivity (Wildman–Crippen MR) is 110 cm³/mol. The highest BCUT2D eigenvalue weighted by atomic mass is 35.5. The van der Waals surface area contributed by atoms with Gasteiger partial charge in [0.1, 0.15) is 6.26 Å². The van der Waals surface area contributed by atoms with E-state index in [4.69, 9.17) is 33.4 Å². The largest absolute Gasteiger partial charge is 0.441 e. The summed E-state index contributed by atoms with van der Waals surface area (Å²) in [6.07, 6.45) is 4.96. The summed E-state index contributed by atoms with van der Waals surface area (Å²) in [4.78, 5) is 20.1. The van der Waals surface area contributed by atoms with E-state index in [9.17, 15) is 4.79 Å². The SMILES string of the molecule is NC(=O)c1nc(C2CC(CCN3CCN(c4cccc(Cl)c4Cl)CC3)C2)co1. The van der Waals surface area contributed by atoms with Gasteiger partial charge in [-0.3, -0.25) is 9.69 Å². The maximum Gasteiger partial charge on any atom is 0.304 e. The molecule has 2 aliphatic rings. The normalized spacial score (nSPS) is 22.9. The van der Waals surface area contributed by atoms with Crippen LogP contribution < -0.4 is 10.6 Å². The highest BCUT2D eigenvalue weighted by Gasteiger charge is 2.33. The molecule has 0 bridgehead atoms. The Balaban J connectivity index is 1.19. The number of amides is 1. The molecular formula is C20H24Cl2N4O2. The molecule has 1 saturated carbocycles. The second-order valence-electron chi connectivity index (χ2n) is 7.67. The van der Waals surface area contributed by atoms with Crippen LogP contribution in [0, 0.1) is 5.92 Å². The Morgan fingerprint density at radius 2 is 1.96 bits per heavy atom. The van der Waals surface area contributed by atoms with Gasteiger partial charge in [0.05, 0.1) is 21.4 Å². The number of benzene rings is 1. The van der Waals surface area contributed by atoms with E-state index in [-0.39, 0.29) is 5.89 Å². The summed E-state index contributed by atoms with van der Waals surface area (Å²) in [5.41, 5.74) is 7.07. The zero-order chi connectivity index (χ0) is 19.7. The fourth-order valence-electron chi connectivity index (χ4n) is 4.11. The molecule has 1 aliphatic heterocycles. The van der Waals surface area contributed by atoms with E-state index in [1.165, 1.54) is 6.42 Å². The van der Waals surface area contributed by atoms with Crippen LogP contribution in [0.3, 0.4) is 0 Å². The number of anilines is 1. The van der Waals surface area contributed by atoms with Gasteiger partial charge in [0.25, 0.3) is 5.89 Å². The van der Waals surface area contributed by atoms with Crippen molar-refractivity contribution in [3.05, 3.63) is 46.1 Å². The minimum absolute atomic E-state index is 0.0103. The van der Waals surface area contributed by atoms with Gasteiger partial charge in [-0.15, -0.1) is 0 Å². The Morgan fingerprint density at radius 1 is 1.21 bits per heavy atom. The minimum atomic E-state index is -0.611. The van der Waals surface area contributed by atoms with Crippen molar-refractivity contribution < 1.29 is 9.21 Å². The fraction of sp³-hybridized carbons (Fsp3) is 0.500. The van der Waals surface area contributed by atoms with Crippen LogP contribution >= 0.6 is 23.2 Å². The summed E-state index contributed by atoms with van der Waals surface area (Å²) in [5, 5.41) is 1.25. The number of primary amides is 1. The number of carbonyl (C=O) groups excluding carboxylic acids is 1. The first-order valence-electron chi connectivity index (χ1n) is 9.68. The zero-order valence-corrected chi connectivity index (χ0v) is 17.1. The molecule has 2 aromatic rings. The highest BCUT2D eigenvalue weighted by Crippen LogP contribution is 2.43. The molecule has 1 aromatic carbocycles. The monoisotopic (exact) mass is 422 g/mol. The summed E-state index contributed by atoms with van der Waals surface area (Å²) < 4.78 is 5.12. The topological polar surface area (TPSA) is 75.6 Å². The molecule has 2 heterocycles. The molecule has 2 N–H and O–H groups in total. The van der Waals surface area contributed by atoms with Crippen LogP contribution in [-0.2, 0) is 0 Å². The van der Waals surface area contributed by atoms with Crippen molar-refractivity contribution in [2.45, 2.75) is 25.2 Å². The molecule has 1 saturated heterocycles. The van der Waals surface area contributed by atoms with Crippen LogP contribution in [0.1, 0.15) is 41.6 Å². The quantitative estimate of drug-likeness (QED) is 0.765. The molecule has 0 radical (unpaired) electrons. The van der Waals surface area contributed by atoms with Crippen molar-refractivity contribution in [3.63, 3.8) is 0 Å². The number of nitrogens with zero attached hydrogens (tertiary/aromatic N) is 3. The van der Waals surface area contributed by atoms with Gasteiger partial charge in [-0.25, -0.2) is 4.98 Å². The zero-order valence-electron chi connectivity index (χ0n) is 15.6. The molecule has 2 fully saturated rings. The number of hydrogen-bond acceptors (Lipinski definition) is 5. The molecule has 0 unspecified atom stereocenters. The van der Waals surface area contributed by atoms with Crippen molar-refractivity contribution in [2.75, 3.05) is 37.6 Å². The summed E-state index contributed by atoms with van der Waals surface area (Å²) in [6.45, 7) is 5.10. The number of halogens is 2. The smallest absolute Gasteiger partial charge is 0.304 e. The third kappa shape index (κ3) is 4.14. The Hall–Kier alpha value is -1.76. The molecule has 1 aliphatic carbocycles. The Kier molecular flexibility index (Phi) is 5.80. The van der Waals surface area contributed by atoms with Gasteiger partial charge in [0.15, 0.2) is 0 Å². The predicted octanol–water partition coefficient (Wildman–Crippen LogP) is 3.79. The van der Waals surface area contributed by atoms with Crippen molar-refractivity contribution >= 4 is 34.8 Å². The Bertz CT molecular complexity index is 842. The molecular weight excluding hydrogens is 399 g/mol. The van der Waals surface area contributed by atoms with Crippen LogP contribution in [0.15, 0.2) is 28.9 Å². The third-order valence-corrected chi connectivity index (χ3v) is 6.69. The number of rotatable bonds is 6. The van der Waals surface area contributed by atoms with Gasteiger partial charge in [-0.2, -0.15) is 0 Å². The Labute approximate surface area is 174 Å². The maximum absolute atomic E-state index is 11.1. The maximum atomic E-state index is 11.1. The number of oxazole rings is 1. The van der Waals surface area contributed by atoms with Crippen LogP contribution in [-0.4, -0.2) is 48.5 Å². The molecule has 28 heavy (non-hydrogen) atoms. The number of carbonyl (C=O) groups is 1. The van der Waals surface area contributed by atoms with E-state index in [0.29, 0.717) is 21.9 Å². The van der Waals surface area contributed by atoms with Gasteiger partial charge in [-0.05, 0) is 43.9 Å². The number of nitrogens with two attached hydrogens (primary N) is 1.